The SMILES string of the molecule is CC(=O)SCC(C)C(=O)N1CC(c2ccc(C)cc2)C[C@H]1C(=O)O. The molecule has 0 bridgehead atoms. The first-order valence-electron chi connectivity index (χ1n) is 8.02. The Bertz CT molecular complexity index is 628. The molecule has 5 nitrogen and oxygen atoms in total. The topological polar surface area (TPSA) is 74.7 Å². The minimum atomic E-state index is -0.968. The molecule has 1 aliphatic heterocycles. The molecule has 24 heavy (non-hydrogen) atoms. The first-order chi connectivity index (χ1) is 11.3. The van der Waals surface area contributed by atoms with Crippen LogP contribution in [0, 0.1) is 12.8 Å². The van der Waals surface area contributed by atoms with Gasteiger partial charge in [0, 0.05) is 31.1 Å². The van der Waals surface area contributed by atoms with Crippen LogP contribution in [0.5, 0.6) is 0 Å². The molecule has 1 aromatic rings. The van der Waals surface area contributed by atoms with E-state index in [4.69, 9.17) is 0 Å². The van der Waals surface area contributed by atoms with Crippen LogP contribution in [0.15, 0.2) is 24.3 Å². The smallest absolute Gasteiger partial charge is 0.326 e. The van der Waals surface area contributed by atoms with Gasteiger partial charge in [-0.25, -0.2) is 4.79 Å². The predicted molar refractivity (Wildman–Crippen MR) is 94.0 cm³/mol. The highest BCUT2D eigenvalue weighted by Gasteiger charge is 2.41. The van der Waals surface area contributed by atoms with Crippen LogP contribution in [0.2, 0.25) is 0 Å². The van der Waals surface area contributed by atoms with Gasteiger partial charge >= 0.3 is 5.97 Å². The highest BCUT2D eigenvalue weighted by molar-refractivity contribution is 8.13. The van der Waals surface area contributed by atoms with E-state index in [-0.39, 0.29) is 22.9 Å². The van der Waals surface area contributed by atoms with Crippen molar-refractivity contribution in [1.29, 1.82) is 0 Å². The fraction of sp³-hybridized carbons (Fsp3) is 0.500. The molecule has 1 amide bonds. The Morgan fingerprint density at radius 3 is 2.46 bits per heavy atom. The molecule has 2 rings (SSSR count). The number of amides is 1. The van der Waals surface area contributed by atoms with E-state index in [0.29, 0.717) is 18.7 Å². The molecule has 1 aromatic carbocycles. The number of aryl methyl sites for hydroxylation is 1. The van der Waals surface area contributed by atoms with Crippen LogP contribution in [0.25, 0.3) is 0 Å². The molecule has 1 fully saturated rings. The second-order valence-electron chi connectivity index (χ2n) is 6.39. The number of carboxylic acids is 1. The number of likely N-dealkylation sites (tertiary alicyclic amines) is 1. The summed E-state index contributed by atoms with van der Waals surface area (Å²) in [4.78, 5) is 36.8. The third-order valence-corrected chi connectivity index (χ3v) is 5.45. The van der Waals surface area contributed by atoms with Crippen LogP contribution in [-0.4, -0.2) is 45.3 Å². The monoisotopic (exact) mass is 349 g/mol. The minimum Gasteiger partial charge on any atom is -0.480 e. The van der Waals surface area contributed by atoms with Crippen LogP contribution in [0.3, 0.4) is 0 Å². The van der Waals surface area contributed by atoms with E-state index in [0.717, 1.165) is 22.9 Å². The van der Waals surface area contributed by atoms with Crippen molar-refractivity contribution in [1.82, 2.24) is 4.90 Å². The number of hydrogen-bond acceptors (Lipinski definition) is 4. The number of hydrogen-bond donors (Lipinski definition) is 1. The fourth-order valence-corrected chi connectivity index (χ4v) is 3.62. The van der Waals surface area contributed by atoms with Crippen molar-refractivity contribution in [2.75, 3.05) is 12.3 Å². The zero-order valence-electron chi connectivity index (χ0n) is 14.2. The average molecular weight is 349 g/mol. The van der Waals surface area contributed by atoms with Crippen LogP contribution < -0.4 is 0 Å². The first-order valence-corrected chi connectivity index (χ1v) is 9.01. The zero-order valence-corrected chi connectivity index (χ0v) is 15.0. The molecule has 0 radical (unpaired) electrons. The Hall–Kier alpha value is -1.82. The van der Waals surface area contributed by atoms with Crippen molar-refractivity contribution in [3.8, 4) is 0 Å². The van der Waals surface area contributed by atoms with Crippen molar-refractivity contribution in [2.45, 2.75) is 39.2 Å². The molecule has 0 spiro atoms. The number of aliphatic carboxylic acids is 1. The zero-order chi connectivity index (χ0) is 17.9. The van der Waals surface area contributed by atoms with E-state index in [2.05, 4.69) is 0 Å². The summed E-state index contributed by atoms with van der Waals surface area (Å²) in [5, 5.41) is 9.45. The van der Waals surface area contributed by atoms with Crippen LogP contribution >= 0.6 is 11.8 Å². The van der Waals surface area contributed by atoms with E-state index in [1.165, 1.54) is 11.8 Å². The third-order valence-electron chi connectivity index (χ3n) is 4.38. The normalized spacial score (nSPS) is 21.5. The van der Waals surface area contributed by atoms with E-state index in [1.54, 1.807) is 6.92 Å². The van der Waals surface area contributed by atoms with Gasteiger partial charge in [-0.05, 0) is 18.9 Å². The van der Waals surface area contributed by atoms with Gasteiger partial charge in [0.2, 0.25) is 5.91 Å². The van der Waals surface area contributed by atoms with Crippen molar-refractivity contribution < 1.29 is 19.5 Å². The molecule has 0 saturated carbocycles. The lowest BCUT2D eigenvalue weighted by molar-refractivity contribution is -0.149. The van der Waals surface area contributed by atoms with E-state index >= 15 is 0 Å². The summed E-state index contributed by atoms with van der Waals surface area (Å²) in [7, 11) is 0. The van der Waals surface area contributed by atoms with Gasteiger partial charge in [-0.1, -0.05) is 48.5 Å². The predicted octanol–water partition coefficient (Wildman–Crippen LogP) is 2.68. The van der Waals surface area contributed by atoms with Crippen molar-refractivity contribution in [3.63, 3.8) is 0 Å². The molecular formula is C18H23NO4S. The maximum absolute atomic E-state index is 12.6. The highest BCUT2D eigenvalue weighted by atomic mass is 32.2. The lowest BCUT2D eigenvalue weighted by Gasteiger charge is -2.24. The number of carboxylic acid groups (broad SMARTS) is 1. The summed E-state index contributed by atoms with van der Waals surface area (Å²) in [5.74, 6) is -1.12. The molecule has 130 valence electrons. The standard InChI is InChI=1S/C18H23NO4S/c1-11-4-6-14(7-5-11)15-8-16(18(22)23)19(9-15)17(21)12(2)10-24-13(3)20/h4-7,12,15-16H,8-10H2,1-3H3,(H,22,23)/t12?,15?,16-/m0/s1. The lowest BCUT2D eigenvalue weighted by atomic mass is 9.95. The van der Waals surface area contributed by atoms with Gasteiger partial charge < -0.3 is 10.0 Å². The van der Waals surface area contributed by atoms with Gasteiger partial charge in [0.15, 0.2) is 5.12 Å². The molecule has 0 aromatic heterocycles. The minimum absolute atomic E-state index is 0.0308. The lowest BCUT2D eigenvalue weighted by Crippen LogP contribution is -2.43. The molecule has 1 heterocycles. The molecule has 1 saturated heterocycles. The highest BCUT2D eigenvalue weighted by Crippen LogP contribution is 2.33. The van der Waals surface area contributed by atoms with Gasteiger partial charge in [-0.15, -0.1) is 0 Å². The Kier molecular flexibility index (Phi) is 6.04. The first kappa shape index (κ1) is 18.5. The Labute approximate surface area is 146 Å². The van der Waals surface area contributed by atoms with Crippen LogP contribution in [0.4, 0.5) is 0 Å². The van der Waals surface area contributed by atoms with E-state index in [9.17, 15) is 19.5 Å². The molecule has 2 unspecified atom stereocenters. The summed E-state index contributed by atoms with van der Waals surface area (Å²) in [6.45, 7) is 5.62. The molecule has 6 heteroatoms. The molecule has 3 atom stereocenters. The number of thioether (sulfide) groups is 1. The maximum Gasteiger partial charge on any atom is 0.326 e. The van der Waals surface area contributed by atoms with Gasteiger partial charge in [0.05, 0.1) is 0 Å². The second kappa shape index (κ2) is 7.83. The summed E-state index contributed by atoms with van der Waals surface area (Å²) in [6.07, 6.45) is 0.427. The average Bonchev–Trinajstić information content (AvgIpc) is 2.98. The van der Waals surface area contributed by atoms with Gasteiger partial charge in [0.1, 0.15) is 6.04 Å². The molecule has 1 N–H and O–H groups in total. The molecule has 0 aliphatic carbocycles. The number of carbonyl (C=O) groups is 3. The summed E-state index contributed by atoms with van der Waals surface area (Å²) >= 11 is 1.10. The summed E-state index contributed by atoms with van der Waals surface area (Å²) in [5.41, 5.74) is 2.21. The Balaban J connectivity index is 2.12. The third kappa shape index (κ3) is 4.38. The van der Waals surface area contributed by atoms with E-state index in [1.807, 2.05) is 31.2 Å². The molecule has 1 aliphatic rings. The van der Waals surface area contributed by atoms with E-state index < -0.39 is 12.0 Å². The van der Waals surface area contributed by atoms with Crippen molar-refractivity contribution in [3.05, 3.63) is 35.4 Å². The van der Waals surface area contributed by atoms with Gasteiger partial charge in [-0.3, -0.25) is 9.59 Å². The second-order valence-corrected chi connectivity index (χ2v) is 7.59. The van der Waals surface area contributed by atoms with Crippen molar-refractivity contribution >= 4 is 28.8 Å². The van der Waals surface area contributed by atoms with Crippen LogP contribution in [0.1, 0.15) is 37.3 Å². The number of rotatable bonds is 5. The largest absolute Gasteiger partial charge is 0.480 e. The van der Waals surface area contributed by atoms with Crippen molar-refractivity contribution in [2.24, 2.45) is 5.92 Å². The summed E-state index contributed by atoms with van der Waals surface area (Å²) < 4.78 is 0. The van der Waals surface area contributed by atoms with Gasteiger partial charge in [0.25, 0.3) is 0 Å². The maximum atomic E-state index is 12.6. The van der Waals surface area contributed by atoms with Crippen LogP contribution in [-0.2, 0) is 14.4 Å². The number of benzene rings is 1. The quantitative estimate of drug-likeness (QED) is 0.884. The Morgan fingerprint density at radius 1 is 1.29 bits per heavy atom. The Morgan fingerprint density at radius 2 is 1.92 bits per heavy atom. The molecular weight excluding hydrogens is 326 g/mol. The fourth-order valence-electron chi connectivity index (χ4n) is 2.99. The van der Waals surface area contributed by atoms with Gasteiger partial charge in [-0.2, -0.15) is 0 Å². The number of nitrogens with zero attached hydrogens (tertiary/aromatic N) is 1. The summed E-state index contributed by atoms with van der Waals surface area (Å²) in [6, 6.07) is 7.21. The number of carbonyl (C=O) groups excluding carboxylic acids is 2.